The summed E-state index contributed by atoms with van der Waals surface area (Å²) < 4.78 is 32.5. The number of aromatic nitrogens is 2. The normalized spacial score (nSPS) is 26.0. The molecular formula is C20H27N5O4S. The van der Waals surface area contributed by atoms with Crippen molar-refractivity contribution in [2.45, 2.75) is 45.1 Å². The summed E-state index contributed by atoms with van der Waals surface area (Å²) in [5.74, 6) is 1.07. The van der Waals surface area contributed by atoms with Gasteiger partial charge in [0.25, 0.3) is 0 Å². The number of carbonyl (C=O) groups excluding carboxylic acids is 1. The molecule has 2 N–H and O–H groups in total. The number of nitrogens with zero attached hydrogens (tertiary/aromatic N) is 3. The molecule has 1 aromatic carbocycles. The number of nitrogens with one attached hydrogen (secondary N) is 2. The minimum absolute atomic E-state index is 0.0320. The van der Waals surface area contributed by atoms with E-state index in [4.69, 9.17) is 4.52 Å². The van der Waals surface area contributed by atoms with E-state index in [1.54, 1.807) is 18.7 Å². The Kier molecular flexibility index (Phi) is 5.31. The molecule has 2 aromatic rings. The van der Waals surface area contributed by atoms with E-state index in [1.165, 1.54) is 0 Å². The lowest BCUT2D eigenvalue weighted by atomic mass is 9.80. The van der Waals surface area contributed by atoms with Gasteiger partial charge in [-0.3, -0.25) is 0 Å². The first-order chi connectivity index (χ1) is 14.2. The number of fused-ring (bicyclic) bond motifs is 1. The summed E-state index contributed by atoms with van der Waals surface area (Å²) in [6.45, 7) is 6.22. The standard InChI is InChI=1S/C20H27N5O4S/c1-4-30(27,28)24-16-9-15-11-25(19(26)22-17-8-6-5-7-13(17)2)12-20(15,10-16)18-21-14(3)23-29-18/h5-8,15-16,24H,4,9-12H2,1-3H3,(H,22,26)/t15-,16+,20-/m0/s1. The molecule has 10 heteroatoms. The third-order valence-corrected chi connectivity index (χ3v) is 7.68. The molecule has 1 aliphatic heterocycles. The highest BCUT2D eigenvalue weighted by molar-refractivity contribution is 7.89. The molecule has 0 radical (unpaired) electrons. The molecule has 0 bridgehead atoms. The Bertz CT molecular complexity index is 1050. The molecule has 1 aliphatic carbocycles. The first-order valence-corrected chi connectivity index (χ1v) is 11.8. The molecule has 1 saturated carbocycles. The minimum atomic E-state index is -3.32. The van der Waals surface area contributed by atoms with Gasteiger partial charge in [0, 0.05) is 24.8 Å². The lowest BCUT2D eigenvalue weighted by Gasteiger charge is -2.25. The van der Waals surface area contributed by atoms with Crippen LogP contribution in [0.15, 0.2) is 28.8 Å². The van der Waals surface area contributed by atoms with Crippen LogP contribution in [0.3, 0.4) is 0 Å². The van der Waals surface area contributed by atoms with E-state index in [1.807, 2.05) is 31.2 Å². The smallest absolute Gasteiger partial charge is 0.321 e. The van der Waals surface area contributed by atoms with Crippen molar-refractivity contribution in [1.29, 1.82) is 0 Å². The first kappa shape index (κ1) is 20.8. The Morgan fingerprint density at radius 3 is 2.77 bits per heavy atom. The predicted molar refractivity (Wildman–Crippen MR) is 112 cm³/mol. The number of aryl methyl sites for hydroxylation is 2. The van der Waals surface area contributed by atoms with Crippen LogP contribution in [0.25, 0.3) is 0 Å². The number of hydrogen-bond donors (Lipinski definition) is 2. The number of rotatable bonds is 5. The molecule has 30 heavy (non-hydrogen) atoms. The third-order valence-electron chi connectivity index (χ3n) is 6.23. The summed E-state index contributed by atoms with van der Waals surface area (Å²) >= 11 is 0. The topological polar surface area (TPSA) is 117 Å². The average molecular weight is 434 g/mol. The molecular weight excluding hydrogens is 406 g/mol. The number of para-hydroxylation sites is 1. The largest absolute Gasteiger partial charge is 0.339 e. The van der Waals surface area contributed by atoms with E-state index in [0.717, 1.165) is 11.3 Å². The monoisotopic (exact) mass is 433 g/mol. The van der Waals surface area contributed by atoms with Crippen LogP contribution >= 0.6 is 0 Å². The maximum absolute atomic E-state index is 13.0. The van der Waals surface area contributed by atoms with Crippen LogP contribution in [-0.4, -0.2) is 54.4 Å². The van der Waals surface area contributed by atoms with Crippen LogP contribution in [0.5, 0.6) is 0 Å². The van der Waals surface area contributed by atoms with Gasteiger partial charge in [-0.1, -0.05) is 23.4 Å². The number of amides is 2. The zero-order valence-electron chi connectivity index (χ0n) is 17.4. The van der Waals surface area contributed by atoms with Gasteiger partial charge in [-0.05, 0) is 51.2 Å². The number of likely N-dealkylation sites (tertiary alicyclic amines) is 1. The van der Waals surface area contributed by atoms with Gasteiger partial charge >= 0.3 is 6.03 Å². The van der Waals surface area contributed by atoms with Gasteiger partial charge in [-0.15, -0.1) is 0 Å². The van der Waals surface area contributed by atoms with Crippen LogP contribution < -0.4 is 10.0 Å². The molecule has 0 spiro atoms. The number of anilines is 1. The van der Waals surface area contributed by atoms with Crippen LogP contribution in [0.4, 0.5) is 10.5 Å². The van der Waals surface area contributed by atoms with Crippen LogP contribution in [-0.2, 0) is 15.4 Å². The zero-order valence-corrected chi connectivity index (χ0v) is 18.2. The van der Waals surface area contributed by atoms with Gasteiger partial charge in [-0.2, -0.15) is 4.98 Å². The predicted octanol–water partition coefficient (Wildman–Crippen LogP) is 2.19. The van der Waals surface area contributed by atoms with Gasteiger partial charge in [0.2, 0.25) is 15.9 Å². The van der Waals surface area contributed by atoms with Crippen LogP contribution in [0.2, 0.25) is 0 Å². The summed E-state index contributed by atoms with van der Waals surface area (Å²) in [5.41, 5.74) is 1.21. The molecule has 2 heterocycles. The number of urea groups is 1. The molecule has 0 unspecified atom stereocenters. The molecule has 162 valence electrons. The SMILES string of the molecule is CCS(=O)(=O)N[C@@H]1C[C@H]2CN(C(=O)Nc3ccccc3C)C[C@@]2(c2nc(C)no2)C1. The highest BCUT2D eigenvalue weighted by Crippen LogP contribution is 2.50. The Morgan fingerprint density at radius 2 is 2.10 bits per heavy atom. The maximum Gasteiger partial charge on any atom is 0.321 e. The molecule has 3 atom stereocenters. The lowest BCUT2D eigenvalue weighted by molar-refractivity contribution is 0.212. The lowest BCUT2D eigenvalue weighted by Crippen LogP contribution is -2.41. The zero-order chi connectivity index (χ0) is 21.5. The van der Waals surface area contributed by atoms with Gasteiger partial charge in [-0.25, -0.2) is 17.9 Å². The van der Waals surface area contributed by atoms with E-state index in [9.17, 15) is 13.2 Å². The second-order valence-electron chi connectivity index (χ2n) is 8.28. The molecule has 1 saturated heterocycles. The van der Waals surface area contributed by atoms with Crippen molar-refractivity contribution in [3.8, 4) is 0 Å². The third kappa shape index (κ3) is 3.81. The van der Waals surface area contributed by atoms with E-state index < -0.39 is 15.4 Å². The molecule has 1 aromatic heterocycles. The van der Waals surface area contributed by atoms with Crippen molar-refractivity contribution in [2.75, 3.05) is 24.2 Å². The van der Waals surface area contributed by atoms with Gasteiger partial charge < -0.3 is 14.7 Å². The Morgan fingerprint density at radius 1 is 1.33 bits per heavy atom. The average Bonchev–Trinajstić information content (AvgIpc) is 3.36. The van der Waals surface area contributed by atoms with Gasteiger partial charge in [0.05, 0.1) is 11.2 Å². The van der Waals surface area contributed by atoms with E-state index in [2.05, 4.69) is 20.2 Å². The van der Waals surface area contributed by atoms with Crippen LogP contribution in [0, 0.1) is 19.8 Å². The summed E-state index contributed by atoms with van der Waals surface area (Å²) in [7, 11) is -3.32. The fourth-order valence-electron chi connectivity index (χ4n) is 4.69. The Hall–Kier alpha value is -2.46. The van der Waals surface area contributed by atoms with Crippen molar-refractivity contribution >= 4 is 21.7 Å². The summed E-state index contributed by atoms with van der Waals surface area (Å²) in [6.07, 6.45) is 1.14. The highest BCUT2D eigenvalue weighted by atomic mass is 32.2. The number of sulfonamides is 1. The quantitative estimate of drug-likeness (QED) is 0.746. The van der Waals surface area contributed by atoms with Crippen molar-refractivity contribution in [3.05, 3.63) is 41.5 Å². The van der Waals surface area contributed by atoms with Crippen molar-refractivity contribution < 1.29 is 17.7 Å². The molecule has 2 fully saturated rings. The summed E-state index contributed by atoms with van der Waals surface area (Å²) in [6, 6.07) is 7.23. The van der Waals surface area contributed by atoms with Crippen LogP contribution in [0.1, 0.15) is 37.0 Å². The fraction of sp³-hybridized carbons (Fsp3) is 0.550. The Balaban J connectivity index is 1.56. The van der Waals surface area contributed by atoms with Crippen molar-refractivity contribution in [1.82, 2.24) is 19.8 Å². The Labute approximate surface area is 176 Å². The highest BCUT2D eigenvalue weighted by Gasteiger charge is 2.58. The first-order valence-electron chi connectivity index (χ1n) is 10.1. The van der Waals surface area contributed by atoms with E-state index in [-0.39, 0.29) is 23.7 Å². The number of benzene rings is 1. The van der Waals surface area contributed by atoms with E-state index in [0.29, 0.717) is 37.6 Å². The molecule has 9 nitrogen and oxygen atoms in total. The number of hydrogen-bond acceptors (Lipinski definition) is 6. The van der Waals surface area contributed by atoms with Crippen molar-refractivity contribution in [3.63, 3.8) is 0 Å². The second kappa shape index (κ2) is 7.66. The van der Waals surface area contributed by atoms with Crippen molar-refractivity contribution in [2.24, 2.45) is 5.92 Å². The summed E-state index contributed by atoms with van der Waals surface area (Å²) in [4.78, 5) is 19.2. The van der Waals surface area contributed by atoms with Gasteiger partial charge in [0.1, 0.15) is 0 Å². The second-order valence-corrected chi connectivity index (χ2v) is 10.3. The fourth-order valence-corrected chi connectivity index (χ4v) is 5.54. The number of carbonyl (C=O) groups is 1. The molecule has 2 amide bonds. The van der Waals surface area contributed by atoms with Gasteiger partial charge in [0.15, 0.2) is 5.82 Å². The summed E-state index contributed by atoms with van der Waals surface area (Å²) in [5, 5.41) is 6.92. The maximum atomic E-state index is 13.0. The molecule has 4 rings (SSSR count). The minimum Gasteiger partial charge on any atom is -0.339 e. The molecule has 2 aliphatic rings. The van der Waals surface area contributed by atoms with E-state index >= 15 is 0 Å².